The summed E-state index contributed by atoms with van der Waals surface area (Å²) in [4.78, 5) is 0. The first-order valence-corrected chi connectivity index (χ1v) is 7.86. The molecule has 2 aromatic rings. The molecule has 0 nitrogen and oxygen atoms in total. The topological polar surface area (TPSA) is 0 Å². The van der Waals surface area contributed by atoms with Gasteiger partial charge in [-0.15, -0.1) is 5.56 Å². The quantitative estimate of drug-likeness (QED) is 0.278. The van der Waals surface area contributed by atoms with Crippen LogP contribution in [0.3, 0.4) is 0 Å². The van der Waals surface area contributed by atoms with E-state index in [1.54, 1.807) is 0 Å². The maximum absolute atomic E-state index is 3.55. The van der Waals surface area contributed by atoms with E-state index in [0.717, 1.165) is 6.42 Å². The first-order valence-electron chi connectivity index (χ1n) is 7.86. The number of hydrogen-bond acceptors (Lipinski definition) is 0. The molecule has 0 unspecified atom stereocenters. The van der Waals surface area contributed by atoms with Crippen LogP contribution in [0.15, 0.2) is 30.3 Å². The molecule has 24 heavy (non-hydrogen) atoms. The Morgan fingerprint density at radius 3 is 2.04 bits per heavy atom. The van der Waals surface area contributed by atoms with Crippen LogP contribution in [0, 0.1) is 6.07 Å². The fourth-order valence-corrected chi connectivity index (χ4v) is 3.26. The van der Waals surface area contributed by atoms with Crippen LogP contribution < -0.4 is 24.8 Å². The zero-order valence-electron chi connectivity index (χ0n) is 15.3. The standard InChI is InChI=1S/C21H25.2ClH.Hf/c1-20(2,3)15-11-10-14-12-18-16(17(14)13-15)8-7-9-19(18)21(4,5)6;;;/h7-9,11,13H,12H2,1-6H3;2*1H;/q-1;;;/p-2. The Balaban J connectivity index is 0.00000176. The second kappa shape index (κ2) is 8.06. The summed E-state index contributed by atoms with van der Waals surface area (Å²) < 4.78 is 0. The van der Waals surface area contributed by atoms with Gasteiger partial charge in [0.1, 0.15) is 0 Å². The second-order valence-corrected chi connectivity index (χ2v) is 8.29. The van der Waals surface area contributed by atoms with Gasteiger partial charge in [0, 0.05) is 25.8 Å². The zero-order chi connectivity index (χ0) is 15.4. The average Bonchev–Trinajstić information content (AvgIpc) is 2.73. The van der Waals surface area contributed by atoms with Crippen LogP contribution in [0.5, 0.6) is 0 Å². The molecule has 130 valence electrons. The second-order valence-electron chi connectivity index (χ2n) is 8.29. The maximum atomic E-state index is 3.55. The van der Waals surface area contributed by atoms with Crippen LogP contribution >= 0.6 is 0 Å². The van der Waals surface area contributed by atoms with E-state index in [-0.39, 0.29) is 61.5 Å². The van der Waals surface area contributed by atoms with Crippen molar-refractivity contribution in [1.29, 1.82) is 0 Å². The van der Waals surface area contributed by atoms with Gasteiger partial charge in [0.05, 0.1) is 0 Å². The summed E-state index contributed by atoms with van der Waals surface area (Å²) in [5.74, 6) is 0. The van der Waals surface area contributed by atoms with Crippen molar-refractivity contribution in [3.63, 3.8) is 0 Å². The molecule has 0 saturated heterocycles. The largest absolute Gasteiger partial charge is 1.00 e. The SMILES string of the molecule is CC(C)(C)c1c[c-]c2c(c1)-c1cccc(C(C)(C)C)c1C2.[Cl-].[Cl-].[Hf]. The van der Waals surface area contributed by atoms with E-state index in [9.17, 15) is 0 Å². The summed E-state index contributed by atoms with van der Waals surface area (Å²) in [5.41, 5.74) is 8.88. The molecule has 0 heterocycles. The summed E-state index contributed by atoms with van der Waals surface area (Å²) >= 11 is 0. The molecule has 0 fully saturated rings. The van der Waals surface area contributed by atoms with Crippen LogP contribution in [0.2, 0.25) is 0 Å². The predicted molar refractivity (Wildman–Crippen MR) is 90.9 cm³/mol. The predicted octanol–water partition coefficient (Wildman–Crippen LogP) is -0.342. The molecule has 1 aliphatic rings. The molecular weight excluding hydrogens is 502 g/mol. The molecule has 3 heteroatoms. The number of benzene rings is 2. The fraction of sp³-hybridized carbons (Fsp3) is 0.429. The molecule has 0 radical (unpaired) electrons. The van der Waals surface area contributed by atoms with E-state index in [4.69, 9.17) is 0 Å². The fourth-order valence-electron chi connectivity index (χ4n) is 3.26. The van der Waals surface area contributed by atoms with E-state index in [1.165, 1.54) is 33.4 Å². The average molecular weight is 527 g/mol. The van der Waals surface area contributed by atoms with Gasteiger partial charge in [-0.05, 0) is 23.0 Å². The molecule has 0 N–H and O–H groups in total. The molecule has 0 amide bonds. The van der Waals surface area contributed by atoms with Crippen LogP contribution in [-0.4, -0.2) is 0 Å². The van der Waals surface area contributed by atoms with Crippen LogP contribution in [0.4, 0.5) is 0 Å². The third-order valence-corrected chi connectivity index (χ3v) is 4.52. The van der Waals surface area contributed by atoms with Gasteiger partial charge < -0.3 is 24.8 Å². The van der Waals surface area contributed by atoms with E-state index in [1.807, 2.05) is 0 Å². The van der Waals surface area contributed by atoms with Crippen molar-refractivity contribution in [1.82, 2.24) is 0 Å². The number of halogens is 2. The molecule has 0 spiro atoms. The monoisotopic (exact) mass is 527 g/mol. The van der Waals surface area contributed by atoms with Crippen molar-refractivity contribution < 1.29 is 50.7 Å². The van der Waals surface area contributed by atoms with E-state index < -0.39 is 0 Å². The van der Waals surface area contributed by atoms with Gasteiger partial charge in [-0.2, -0.15) is 29.3 Å². The Labute approximate surface area is 178 Å². The van der Waals surface area contributed by atoms with Gasteiger partial charge in [0.15, 0.2) is 0 Å². The molecule has 1 aliphatic carbocycles. The third kappa shape index (κ3) is 4.34. The molecule has 3 rings (SSSR count). The molecule has 0 atom stereocenters. The van der Waals surface area contributed by atoms with Crippen molar-refractivity contribution in [3.05, 3.63) is 58.7 Å². The zero-order valence-corrected chi connectivity index (χ0v) is 20.5. The molecule has 0 aliphatic heterocycles. The number of fused-ring (bicyclic) bond motifs is 3. The first-order chi connectivity index (χ1) is 9.68. The van der Waals surface area contributed by atoms with Crippen molar-refractivity contribution in [2.45, 2.75) is 58.8 Å². The summed E-state index contributed by atoms with van der Waals surface area (Å²) in [6.07, 6.45) is 1.03. The van der Waals surface area contributed by atoms with Gasteiger partial charge in [-0.1, -0.05) is 70.7 Å². The Bertz CT molecular complexity index is 707. The number of rotatable bonds is 0. The van der Waals surface area contributed by atoms with Gasteiger partial charge in [0.25, 0.3) is 0 Å². The molecule has 0 aromatic heterocycles. The van der Waals surface area contributed by atoms with Crippen molar-refractivity contribution in [3.8, 4) is 11.1 Å². The van der Waals surface area contributed by atoms with Crippen molar-refractivity contribution in [2.24, 2.45) is 0 Å². The minimum atomic E-state index is 0. The maximum Gasteiger partial charge on any atom is 0 e. The first kappa shape index (κ1) is 23.9. The summed E-state index contributed by atoms with van der Waals surface area (Å²) in [7, 11) is 0. The Hall–Kier alpha value is -0.110. The smallest absolute Gasteiger partial charge is 0 e. The molecule has 0 bridgehead atoms. The van der Waals surface area contributed by atoms with Crippen molar-refractivity contribution >= 4 is 0 Å². The molecule has 0 saturated carbocycles. The van der Waals surface area contributed by atoms with Gasteiger partial charge in [-0.3, -0.25) is 0 Å². The van der Waals surface area contributed by atoms with Crippen molar-refractivity contribution in [2.75, 3.05) is 0 Å². The summed E-state index contributed by atoms with van der Waals surface area (Å²) in [6, 6.07) is 14.9. The van der Waals surface area contributed by atoms with Crippen LogP contribution in [0.25, 0.3) is 11.1 Å². The minimum absolute atomic E-state index is 0. The summed E-state index contributed by atoms with van der Waals surface area (Å²) in [6.45, 7) is 13.7. The normalized spacial score (nSPS) is 12.2. The van der Waals surface area contributed by atoms with Crippen LogP contribution in [0.1, 0.15) is 63.8 Å². The van der Waals surface area contributed by atoms with Gasteiger partial charge in [0.2, 0.25) is 0 Å². The Morgan fingerprint density at radius 2 is 1.50 bits per heavy atom. The summed E-state index contributed by atoms with van der Waals surface area (Å²) in [5, 5.41) is 0. The van der Waals surface area contributed by atoms with E-state index in [2.05, 4.69) is 77.9 Å². The number of hydrogen-bond donors (Lipinski definition) is 0. The minimum Gasteiger partial charge on any atom is -1.00 e. The third-order valence-electron chi connectivity index (χ3n) is 4.52. The molecule has 2 aromatic carbocycles. The van der Waals surface area contributed by atoms with E-state index >= 15 is 0 Å². The van der Waals surface area contributed by atoms with Gasteiger partial charge in [-0.25, -0.2) is 0 Å². The van der Waals surface area contributed by atoms with Gasteiger partial charge >= 0.3 is 0 Å². The molecular formula is C21H25Cl2Hf-3. The Morgan fingerprint density at radius 1 is 0.875 bits per heavy atom. The Kier molecular flexibility index (Phi) is 8.02. The van der Waals surface area contributed by atoms with Crippen LogP contribution in [-0.2, 0) is 43.1 Å². The van der Waals surface area contributed by atoms with E-state index in [0.29, 0.717) is 0 Å².